The topological polar surface area (TPSA) is 91.1 Å². The van der Waals surface area contributed by atoms with E-state index in [9.17, 15) is 10.4 Å². The highest BCUT2D eigenvalue weighted by Gasteiger charge is 2.12. The van der Waals surface area contributed by atoms with Crippen molar-refractivity contribution in [1.29, 1.82) is 5.26 Å². The van der Waals surface area contributed by atoms with Crippen molar-refractivity contribution in [2.24, 2.45) is 0 Å². The molecule has 6 nitrogen and oxygen atoms in total. The van der Waals surface area contributed by atoms with Gasteiger partial charge in [0.2, 0.25) is 0 Å². The van der Waals surface area contributed by atoms with Crippen molar-refractivity contribution >= 4 is 5.82 Å². The van der Waals surface area contributed by atoms with Gasteiger partial charge in [0, 0.05) is 6.54 Å². The number of nitriles is 1. The van der Waals surface area contributed by atoms with Gasteiger partial charge in [0.05, 0.1) is 5.69 Å². The lowest BCUT2D eigenvalue weighted by Crippen LogP contribution is -2.27. The molecule has 0 saturated carbocycles. The van der Waals surface area contributed by atoms with E-state index in [1.54, 1.807) is 6.92 Å². The Morgan fingerprint density at radius 1 is 1.30 bits per heavy atom. The van der Waals surface area contributed by atoms with E-state index >= 15 is 0 Å². The Labute approximate surface area is 135 Å². The highest BCUT2D eigenvalue weighted by molar-refractivity contribution is 5.55. The third kappa shape index (κ3) is 4.41. The zero-order valence-electron chi connectivity index (χ0n) is 13.5. The molecule has 0 bridgehead atoms. The Kier molecular flexibility index (Phi) is 5.50. The molecule has 0 amide bonds. The Morgan fingerprint density at radius 3 is 2.78 bits per heavy atom. The fraction of sp³-hybridized carbons (Fsp3) is 0.353. The maximum atomic E-state index is 10.0. The van der Waals surface area contributed by atoms with Crippen LogP contribution in [0, 0.1) is 32.1 Å². The molecule has 0 fully saturated rings. The van der Waals surface area contributed by atoms with Gasteiger partial charge in [-0.3, -0.25) is 0 Å². The first-order valence-corrected chi connectivity index (χ1v) is 7.36. The van der Waals surface area contributed by atoms with E-state index in [4.69, 9.17) is 4.74 Å². The lowest BCUT2D eigenvalue weighted by atomic mass is 10.1. The smallest absolute Gasteiger partial charge is 0.167 e. The summed E-state index contributed by atoms with van der Waals surface area (Å²) in [7, 11) is 0. The number of aryl methyl sites for hydroxylation is 2. The molecule has 2 aromatic rings. The van der Waals surface area contributed by atoms with Crippen LogP contribution in [0.25, 0.3) is 0 Å². The van der Waals surface area contributed by atoms with Gasteiger partial charge in [-0.2, -0.15) is 10.4 Å². The third-order valence-electron chi connectivity index (χ3n) is 3.50. The summed E-state index contributed by atoms with van der Waals surface area (Å²) in [5.41, 5.74) is 3.05. The number of benzene rings is 1. The fourth-order valence-electron chi connectivity index (χ4n) is 2.04. The molecule has 0 unspecified atom stereocenters. The average Bonchev–Trinajstić information content (AvgIpc) is 2.54. The summed E-state index contributed by atoms with van der Waals surface area (Å²) in [5, 5.41) is 30.2. The third-order valence-corrected chi connectivity index (χ3v) is 3.50. The van der Waals surface area contributed by atoms with Crippen molar-refractivity contribution in [3.05, 3.63) is 46.6 Å². The number of rotatable bonds is 6. The van der Waals surface area contributed by atoms with Crippen LogP contribution in [0.4, 0.5) is 5.82 Å². The second-order valence-corrected chi connectivity index (χ2v) is 5.41. The molecular formula is C17H20N4O2. The number of aromatic nitrogens is 2. The van der Waals surface area contributed by atoms with Gasteiger partial charge in [0.25, 0.3) is 0 Å². The summed E-state index contributed by atoms with van der Waals surface area (Å²) in [4.78, 5) is 0. The largest absolute Gasteiger partial charge is 0.491 e. The molecule has 0 saturated heterocycles. The van der Waals surface area contributed by atoms with Crippen LogP contribution in [-0.4, -0.2) is 34.6 Å². The normalized spacial score (nSPS) is 11.6. The first kappa shape index (κ1) is 16.7. The van der Waals surface area contributed by atoms with Crippen molar-refractivity contribution in [3.63, 3.8) is 0 Å². The molecule has 1 aromatic heterocycles. The van der Waals surface area contributed by atoms with Crippen LogP contribution in [0.3, 0.4) is 0 Å². The standard InChI is InChI=1S/C17H20N4O2/c1-11-5-4-6-15(7-11)23-10-14(22)9-19-17-16(8-18)12(2)13(3)20-21-17/h4-7,14,22H,9-10H2,1-3H3,(H,19,21)/t14-/m1/s1. The minimum atomic E-state index is -0.731. The van der Waals surface area contributed by atoms with E-state index < -0.39 is 6.10 Å². The van der Waals surface area contributed by atoms with Crippen LogP contribution >= 0.6 is 0 Å². The molecule has 1 heterocycles. The zero-order valence-corrected chi connectivity index (χ0v) is 13.5. The van der Waals surface area contributed by atoms with E-state index in [-0.39, 0.29) is 13.2 Å². The van der Waals surface area contributed by atoms with E-state index in [1.165, 1.54) is 0 Å². The molecular weight excluding hydrogens is 292 g/mol. The number of anilines is 1. The molecule has 2 rings (SSSR count). The summed E-state index contributed by atoms with van der Waals surface area (Å²) >= 11 is 0. The number of hydrogen-bond donors (Lipinski definition) is 2. The fourth-order valence-corrected chi connectivity index (χ4v) is 2.04. The average molecular weight is 312 g/mol. The van der Waals surface area contributed by atoms with Crippen molar-refractivity contribution in [1.82, 2.24) is 10.2 Å². The highest BCUT2D eigenvalue weighted by atomic mass is 16.5. The lowest BCUT2D eigenvalue weighted by molar-refractivity contribution is 0.117. The van der Waals surface area contributed by atoms with E-state index in [0.29, 0.717) is 17.1 Å². The summed E-state index contributed by atoms with van der Waals surface area (Å²) in [6, 6.07) is 9.74. The molecule has 0 aliphatic heterocycles. The molecule has 6 heteroatoms. The maximum Gasteiger partial charge on any atom is 0.167 e. The lowest BCUT2D eigenvalue weighted by Gasteiger charge is -2.15. The van der Waals surface area contributed by atoms with Crippen LogP contribution in [-0.2, 0) is 0 Å². The predicted octanol–water partition coefficient (Wildman–Crippen LogP) is 2.13. The summed E-state index contributed by atoms with van der Waals surface area (Å²) in [6.45, 7) is 5.98. The number of ether oxygens (including phenoxy) is 1. The minimum Gasteiger partial charge on any atom is -0.491 e. The van der Waals surface area contributed by atoms with Crippen molar-refractivity contribution < 1.29 is 9.84 Å². The Bertz CT molecular complexity index is 725. The first-order valence-electron chi connectivity index (χ1n) is 7.36. The molecule has 1 aromatic carbocycles. The molecule has 1 atom stereocenters. The monoisotopic (exact) mass is 312 g/mol. The molecule has 23 heavy (non-hydrogen) atoms. The number of aliphatic hydroxyl groups excluding tert-OH is 1. The van der Waals surface area contributed by atoms with Gasteiger partial charge in [-0.25, -0.2) is 0 Å². The summed E-state index contributed by atoms with van der Waals surface area (Å²) < 4.78 is 5.55. The molecule has 0 radical (unpaired) electrons. The molecule has 2 N–H and O–H groups in total. The van der Waals surface area contributed by atoms with Crippen LogP contribution in [0.5, 0.6) is 5.75 Å². The maximum absolute atomic E-state index is 10.0. The second-order valence-electron chi connectivity index (χ2n) is 5.41. The van der Waals surface area contributed by atoms with E-state index in [1.807, 2.05) is 38.1 Å². The van der Waals surface area contributed by atoms with Crippen LogP contribution < -0.4 is 10.1 Å². The SMILES string of the molecule is Cc1cccc(OC[C@H](O)CNc2nnc(C)c(C)c2C#N)c1. The van der Waals surface area contributed by atoms with Gasteiger partial charge in [0.15, 0.2) is 5.82 Å². The molecule has 0 aliphatic rings. The molecule has 0 spiro atoms. The van der Waals surface area contributed by atoms with E-state index in [0.717, 1.165) is 16.8 Å². The van der Waals surface area contributed by atoms with Gasteiger partial charge >= 0.3 is 0 Å². The minimum absolute atomic E-state index is 0.149. The molecule has 120 valence electrons. The van der Waals surface area contributed by atoms with Gasteiger partial charge < -0.3 is 15.2 Å². The van der Waals surface area contributed by atoms with Crippen molar-refractivity contribution in [2.75, 3.05) is 18.5 Å². The quantitative estimate of drug-likeness (QED) is 0.849. The number of nitrogens with one attached hydrogen (secondary N) is 1. The zero-order chi connectivity index (χ0) is 16.8. The van der Waals surface area contributed by atoms with Crippen LogP contribution in [0.1, 0.15) is 22.4 Å². The van der Waals surface area contributed by atoms with Gasteiger partial charge in [-0.15, -0.1) is 5.10 Å². The Hall–Kier alpha value is -2.65. The molecule has 0 aliphatic carbocycles. The highest BCUT2D eigenvalue weighted by Crippen LogP contribution is 2.17. The first-order chi connectivity index (χ1) is 11.0. The summed E-state index contributed by atoms with van der Waals surface area (Å²) in [5.74, 6) is 1.10. The van der Waals surface area contributed by atoms with E-state index in [2.05, 4.69) is 21.6 Å². The van der Waals surface area contributed by atoms with Crippen molar-refractivity contribution in [3.8, 4) is 11.8 Å². The number of aliphatic hydroxyl groups is 1. The Balaban J connectivity index is 1.91. The number of nitrogens with zero attached hydrogens (tertiary/aromatic N) is 3. The predicted molar refractivity (Wildman–Crippen MR) is 87.4 cm³/mol. The second kappa shape index (κ2) is 7.56. The summed E-state index contributed by atoms with van der Waals surface area (Å²) in [6.07, 6.45) is -0.731. The van der Waals surface area contributed by atoms with Crippen LogP contribution in [0.2, 0.25) is 0 Å². The van der Waals surface area contributed by atoms with Gasteiger partial charge in [0.1, 0.15) is 30.1 Å². The van der Waals surface area contributed by atoms with Gasteiger partial charge in [-0.05, 0) is 44.0 Å². The number of hydrogen-bond acceptors (Lipinski definition) is 6. The van der Waals surface area contributed by atoms with Crippen molar-refractivity contribution in [2.45, 2.75) is 26.9 Å². The van der Waals surface area contributed by atoms with Crippen LogP contribution in [0.15, 0.2) is 24.3 Å². The Morgan fingerprint density at radius 2 is 2.09 bits per heavy atom. The van der Waals surface area contributed by atoms with Gasteiger partial charge in [-0.1, -0.05) is 12.1 Å².